The standard InChI is InChI=1S/C13H15FN2S/c1-9-12(8-15)17-13(16-9)7-6-10-4-2-3-5-11(10)14/h2-5H,6-8,15H2,1H3. The van der Waals surface area contributed by atoms with Crippen LogP contribution in [0.3, 0.4) is 0 Å². The molecule has 90 valence electrons. The van der Waals surface area contributed by atoms with E-state index in [0.717, 1.165) is 27.6 Å². The molecule has 0 amide bonds. The van der Waals surface area contributed by atoms with E-state index < -0.39 is 0 Å². The first-order chi connectivity index (χ1) is 8.20. The van der Waals surface area contributed by atoms with E-state index in [1.807, 2.05) is 19.1 Å². The predicted octanol–water partition coefficient (Wildman–Crippen LogP) is 2.83. The molecule has 0 radical (unpaired) electrons. The number of thiazole rings is 1. The van der Waals surface area contributed by atoms with Crippen LogP contribution in [0.2, 0.25) is 0 Å². The molecule has 4 heteroatoms. The summed E-state index contributed by atoms with van der Waals surface area (Å²) in [5.41, 5.74) is 7.35. The summed E-state index contributed by atoms with van der Waals surface area (Å²) in [5.74, 6) is -0.139. The fourth-order valence-electron chi connectivity index (χ4n) is 1.73. The van der Waals surface area contributed by atoms with E-state index in [1.165, 1.54) is 6.07 Å². The minimum Gasteiger partial charge on any atom is -0.326 e. The van der Waals surface area contributed by atoms with Crippen molar-refractivity contribution in [3.8, 4) is 0 Å². The molecule has 0 fully saturated rings. The maximum Gasteiger partial charge on any atom is 0.126 e. The van der Waals surface area contributed by atoms with E-state index in [2.05, 4.69) is 4.98 Å². The summed E-state index contributed by atoms with van der Waals surface area (Å²) >= 11 is 1.63. The third-order valence-electron chi connectivity index (χ3n) is 2.69. The van der Waals surface area contributed by atoms with Crippen LogP contribution in [0.25, 0.3) is 0 Å². The first-order valence-electron chi connectivity index (χ1n) is 5.59. The molecule has 17 heavy (non-hydrogen) atoms. The van der Waals surface area contributed by atoms with Crippen molar-refractivity contribution in [3.63, 3.8) is 0 Å². The molecular formula is C13H15FN2S. The molecule has 0 aliphatic rings. The largest absolute Gasteiger partial charge is 0.326 e. The lowest BCUT2D eigenvalue weighted by atomic mass is 10.1. The van der Waals surface area contributed by atoms with Crippen molar-refractivity contribution in [1.29, 1.82) is 0 Å². The highest BCUT2D eigenvalue weighted by Crippen LogP contribution is 2.19. The number of benzene rings is 1. The van der Waals surface area contributed by atoms with Crippen molar-refractivity contribution in [3.05, 3.63) is 51.2 Å². The van der Waals surface area contributed by atoms with Crippen molar-refractivity contribution >= 4 is 11.3 Å². The van der Waals surface area contributed by atoms with Gasteiger partial charge < -0.3 is 5.73 Å². The van der Waals surface area contributed by atoms with Gasteiger partial charge in [0.2, 0.25) is 0 Å². The van der Waals surface area contributed by atoms with Crippen LogP contribution in [0.4, 0.5) is 4.39 Å². The van der Waals surface area contributed by atoms with Crippen molar-refractivity contribution in [2.75, 3.05) is 0 Å². The van der Waals surface area contributed by atoms with Crippen LogP contribution in [-0.4, -0.2) is 4.98 Å². The van der Waals surface area contributed by atoms with Crippen LogP contribution in [0.15, 0.2) is 24.3 Å². The number of rotatable bonds is 4. The molecule has 0 spiro atoms. The summed E-state index contributed by atoms with van der Waals surface area (Å²) in [6.07, 6.45) is 1.45. The van der Waals surface area contributed by atoms with Gasteiger partial charge in [-0.15, -0.1) is 11.3 Å². The Bertz CT molecular complexity index is 508. The van der Waals surface area contributed by atoms with Crippen LogP contribution in [0.5, 0.6) is 0 Å². The molecule has 0 saturated carbocycles. The number of halogens is 1. The third kappa shape index (κ3) is 2.90. The third-order valence-corrected chi connectivity index (χ3v) is 3.93. The topological polar surface area (TPSA) is 38.9 Å². The Morgan fingerprint density at radius 3 is 2.71 bits per heavy atom. The van der Waals surface area contributed by atoms with Crippen LogP contribution >= 0.6 is 11.3 Å². The zero-order valence-corrected chi connectivity index (χ0v) is 10.6. The lowest BCUT2D eigenvalue weighted by Gasteiger charge is -2.00. The molecule has 1 heterocycles. The normalized spacial score (nSPS) is 10.8. The number of nitrogens with zero attached hydrogens (tertiary/aromatic N) is 1. The average Bonchev–Trinajstić information content (AvgIpc) is 2.69. The van der Waals surface area contributed by atoms with Gasteiger partial charge in [-0.05, 0) is 25.0 Å². The van der Waals surface area contributed by atoms with E-state index in [9.17, 15) is 4.39 Å². The summed E-state index contributed by atoms with van der Waals surface area (Å²) in [6.45, 7) is 2.49. The van der Waals surface area contributed by atoms with Gasteiger partial charge in [0, 0.05) is 17.8 Å². The first-order valence-corrected chi connectivity index (χ1v) is 6.41. The molecule has 2 nitrogen and oxygen atoms in total. The van der Waals surface area contributed by atoms with E-state index in [-0.39, 0.29) is 5.82 Å². The van der Waals surface area contributed by atoms with E-state index in [0.29, 0.717) is 13.0 Å². The molecule has 0 unspecified atom stereocenters. The van der Waals surface area contributed by atoms with Gasteiger partial charge >= 0.3 is 0 Å². The number of aromatic nitrogens is 1. The van der Waals surface area contributed by atoms with Crippen molar-refractivity contribution < 1.29 is 4.39 Å². The predicted molar refractivity (Wildman–Crippen MR) is 68.6 cm³/mol. The fourth-order valence-corrected chi connectivity index (χ4v) is 2.68. The summed E-state index contributed by atoms with van der Waals surface area (Å²) < 4.78 is 13.4. The van der Waals surface area contributed by atoms with Crippen LogP contribution < -0.4 is 5.73 Å². The molecule has 0 saturated heterocycles. The second-order valence-corrected chi connectivity index (χ2v) is 5.08. The second-order valence-electron chi connectivity index (χ2n) is 3.91. The Morgan fingerprint density at radius 2 is 2.06 bits per heavy atom. The zero-order valence-electron chi connectivity index (χ0n) is 9.74. The Balaban J connectivity index is 2.05. The molecule has 0 aliphatic carbocycles. The van der Waals surface area contributed by atoms with Crippen LogP contribution in [0, 0.1) is 12.7 Å². The summed E-state index contributed by atoms with van der Waals surface area (Å²) in [5, 5.41) is 1.03. The van der Waals surface area contributed by atoms with E-state index in [1.54, 1.807) is 17.4 Å². The maximum absolute atomic E-state index is 13.4. The Hall–Kier alpha value is -1.26. The minimum absolute atomic E-state index is 0.139. The van der Waals surface area contributed by atoms with Gasteiger partial charge in [0.25, 0.3) is 0 Å². The summed E-state index contributed by atoms with van der Waals surface area (Å²) in [7, 11) is 0. The molecule has 2 N–H and O–H groups in total. The van der Waals surface area contributed by atoms with Crippen molar-refractivity contribution in [1.82, 2.24) is 4.98 Å². The number of hydrogen-bond donors (Lipinski definition) is 1. The van der Waals surface area contributed by atoms with Crippen LogP contribution in [-0.2, 0) is 19.4 Å². The summed E-state index contributed by atoms with van der Waals surface area (Å²) in [6, 6.07) is 6.88. The molecule has 0 aliphatic heterocycles. The van der Waals surface area contributed by atoms with Gasteiger partial charge in [0.15, 0.2) is 0 Å². The van der Waals surface area contributed by atoms with Gasteiger partial charge in [0.1, 0.15) is 5.82 Å². The zero-order chi connectivity index (χ0) is 12.3. The SMILES string of the molecule is Cc1nc(CCc2ccccc2F)sc1CN. The van der Waals surface area contributed by atoms with Gasteiger partial charge in [-0.3, -0.25) is 0 Å². The lowest BCUT2D eigenvalue weighted by Crippen LogP contribution is -1.94. The summed E-state index contributed by atoms with van der Waals surface area (Å²) in [4.78, 5) is 5.56. The van der Waals surface area contributed by atoms with Crippen molar-refractivity contribution in [2.24, 2.45) is 5.73 Å². The van der Waals surface area contributed by atoms with Crippen molar-refractivity contribution in [2.45, 2.75) is 26.3 Å². The number of aryl methyl sites for hydroxylation is 3. The smallest absolute Gasteiger partial charge is 0.126 e. The van der Waals surface area contributed by atoms with Gasteiger partial charge in [-0.2, -0.15) is 0 Å². The Kier molecular flexibility index (Phi) is 3.86. The number of hydrogen-bond acceptors (Lipinski definition) is 3. The van der Waals surface area contributed by atoms with Gasteiger partial charge in [-0.25, -0.2) is 9.37 Å². The van der Waals surface area contributed by atoms with Gasteiger partial charge in [-0.1, -0.05) is 18.2 Å². The molecule has 1 aromatic carbocycles. The van der Waals surface area contributed by atoms with Crippen LogP contribution in [0.1, 0.15) is 21.1 Å². The lowest BCUT2D eigenvalue weighted by molar-refractivity contribution is 0.608. The van der Waals surface area contributed by atoms with E-state index >= 15 is 0 Å². The second kappa shape index (κ2) is 5.38. The Labute approximate surface area is 104 Å². The molecule has 2 aromatic rings. The molecule has 1 aromatic heterocycles. The monoisotopic (exact) mass is 250 g/mol. The number of nitrogens with two attached hydrogens (primary N) is 1. The maximum atomic E-state index is 13.4. The molecular weight excluding hydrogens is 235 g/mol. The van der Waals surface area contributed by atoms with Gasteiger partial charge in [0.05, 0.1) is 10.7 Å². The molecule has 0 bridgehead atoms. The highest BCUT2D eigenvalue weighted by molar-refractivity contribution is 7.11. The molecule has 0 atom stereocenters. The highest BCUT2D eigenvalue weighted by Gasteiger charge is 2.07. The molecule has 2 rings (SSSR count). The Morgan fingerprint density at radius 1 is 1.29 bits per heavy atom. The fraction of sp³-hybridized carbons (Fsp3) is 0.308. The quantitative estimate of drug-likeness (QED) is 0.906. The highest BCUT2D eigenvalue weighted by atomic mass is 32.1. The van der Waals surface area contributed by atoms with E-state index in [4.69, 9.17) is 5.73 Å². The first kappa shape index (κ1) is 12.2. The minimum atomic E-state index is -0.139. The average molecular weight is 250 g/mol.